The Morgan fingerprint density at radius 1 is 1.06 bits per heavy atom. The molecule has 4 nitrogen and oxygen atoms in total. The summed E-state index contributed by atoms with van der Waals surface area (Å²) in [6.07, 6.45) is -1.18. The van der Waals surface area contributed by atoms with Crippen molar-refractivity contribution in [2.75, 3.05) is 0 Å². The van der Waals surface area contributed by atoms with E-state index in [4.69, 9.17) is 14.2 Å². The van der Waals surface area contributed by atoms with Crippen molar-refractivity contribution < 1.29 is 19.3 Å². The van der Waals surface area contributed by atoms with Crippen LogP contribution in [0.3, 0.4) is 0 Å². The highest BCUT2D eigenvalue weighted by Crippen LogP contribution is 2.28. The van der Waals surface area contributed by atoms with Crippen molar-refractivity contribution in [2.45, 2.75) is 84.3 Å². The molecule has 4 heteroatoms. The first-order valence-corrected chi connectivity index (χ1v) is 6.47. The van der Waals surface area contributed by atoms with Crippen molar-refractivity contribution in [3.05, 3.63) is 0 Å². The number of aliphatic hydroxyl groups excluding tert-OH is 1. The maximum atomic E-state index is 10.1. The largest absolute Gasteiger partial charge is 0.388 e. The molecule has 1 N–H and O–H groups in total. The van der Waals surface area contributed by atoms with Crippen LogP contribution in [0.25, 0.3) is 0 Å². The Morgan fingerprint density at radius 2 is 1.65 bits per heavy atom. The molecule has 1 fully saturated rings. The van der Waals surface area contributed by atoms with Crippen molar-refractivity contribution in [1.29, 1.82) is 0 Å². The normalized spacial score (nSPS) is 35.8. The second-order valence-electron chi connectivity index (χ2n) is 5.34. The van der Waals surface area contributed by atoms with Gasteiger partial charge in [-0.1, -0.05) is 0 Å². The van der Waals surface area contributed by atoms with Crippen molar-refractivity contribution in [3.8, 4) is 0 Å². The Bertz CT molecular complexity index is 229. The number of hydrogen-bond donors (Lipinski definition) is 1. The molecule has 2 unspecified atom stereocenters. The van der Waals surface area contributed by atoms with Crippen LogP contribution in [0.15, 0.2) is 0 Å². The molecule has 17 heavy (non-hydrogen) atoms. The average molecular weight is 246 g/mol. The van der Waals surface area contributed by atoms with E-state index >= 15 is 0 Å². The second kappa shape index (κ2) is 6.14. The molecular weight excluding hydrogens is 220 g/mol. The quantitative estimate of drug-likeness (QED) is 0.802. The van der Waals surface area contributed by atoms with Crippen LogP contribution in [0.4, 0.5) is 0 Å². The maximum absolute atomic E-state index is 10.1. The number of ether oxygens (including phenoxy) is 3. The van der Waals surface area contributed by atoms with Gasteiger partial charge in [0.1, 0.15) is 18.3 Å². The monoisotopic (exact) mass is 246 g/mol. The summed E-state index contributed by atoms with van der Waals surface area (Å²) in [5.74, 6) is 0. The van der Waals surface area contributed by atoms with Gasteiger partial charge in [0.2, 0.25) is 0 Å². The minimum atomic E-state index is -0.583. The molecule has 1 aliphatic rings. The van der Waals surface area contributed by atoms with Crippen molar-refractivity contribution in [3.63, 3.8) is 0 Å². The van der Waals surface area contributed by atoms with Crippen LogP contribution in [0.2, 0.25) is 0 Å². The lowest BCUT2D eigenvalue weighted by molar-refractivity contribution is -0.125. The molecule has 0 radical (unpaired) electrons. The first kappa shape index (κ1) is 14.9. The van der Waals surface area contributed by atoms with E-state index in [0.717, 1.165) is 0 Å². The molecule has 5 atom stereocenters. The number of rotatable bonds is 5. The Hall–Kier alpha value is -0.160. The fraction of sp³-hybridized carbons (Fsp3) is 1.00. The molecule has 0 saturated carbocycles. The van der Waals surface area contributed by atoms with Gasteiger partial charge in [-0.05, 0) is 41.5 Å². The summed E-state index contributed by atoms with van der Waals surface area (Å²) in [6, 6.07) is 0. The maximum Gasteiger partial charge on any atom is 0.115 e. The molecule has 0 aliphatic carbocycles. The molecular formula is C13H26O4. The third kappa shape index (κ3) is 3.91. The molecule has 0 amide bonds. The van der Waals surface area contributed by atoms with Crippen LogP contribution in [-0.2, 0) is 14.2 Å². The van der Waals surface area contributed by atoms with E-state index in [9.17, 15) is 5.11 Å². The Labute approximate surface area is 104 Å². The topological polar surface area (TPSA) is 47.9 Å². The standard InChI is InChI=1S/C13H26O4/c1-7(2)15-10(6)12-13(16-8(3)4)11(14)9(5)17-12/h7-14H,1-6H3/t9-,10?,11+,12+,13?/m0/s1. The molecule has 1 heterocycles. The zero-order valence-electron chi connectivity index (χ0n) is 11.7. The van der Waals surface area contributed by atoms with Crippen molar-refractivity contribution >= 4 is 0 Å². The summed E-state index contributed by atoms with van der Waals surface area (Å²) in [5, 5.41) is 10.1. The van der Waals surface area contributed by atoms with E-state index < -0.39 is 6.10 Å². The van der Waals surface area contributed by atoms with Crippen LogP contribution in [0.5, 0.6) is 0 Å². The van der Waals surface area contributed by atoms with E-state index in [1.807, 2.05) is 41.5 Å². The van der Waals surface area contributed by atoms with Gasteiger partial charge in [-0.15, -0.1) is 0 Å². The summed E-state index contributed by atoms with van der Waals surface area (Å²) >= 11 is 0. The fourth-order valence-corrected chi connectivity index (χ4v) is 2.22. The highest BCUT2D eigenvalue weighted by atomic mass is 16.6. The predicted octanol–water partition coefficient (Wildman–Crippen LogP) is 1.74. The van der Waals surface area contributed by atoms with E-state index in [1.54, 1.807) is 0 Å². The van der Waals surface area contributed by atoms with E-state index in [1.165, 1.54) is 0 Å². The molecule has 1 aliphatic heterocycles. The Kier molecular flexibility index (Phi) is 5.38. The third-order valence-corrected chi connectivity index (χ3v) is 2.89. The van der Waals surface area contributed by atoms with Gasteiger partial charge in [-0.2, -0.15) is 0 Å². The van der Waals surface area contributed by atoms with Gasteiger partial charge < -0.3 is 19.3 Å². The van der Waals surface area contributed by atoms with Crippen LogP contribution in [0.1, 0.15) is 41.5 Å². The summed E-state index contributed by atoms with van der Waals surface area (Å²) in [5.41, 5.74) is 0. The summed E-state index contributed by atoms with van der Waals surface area (Å²) in [7, 11) is 0. The molecule has 1 saturated heterocycles. The molecule has 1 rings (SSSR count). The predicted molar refractivity (Wildman–Crippen MR) is 66.0 cm³/mol. The summed E-state index contributed by atoms with van der Waals surface area (Å²) in [4.78, 5) is 0. The lowest BCUT2D eigenvalue weighted by atomic mass is 10.0. The lowest BCUT2D eigenvalue weighted by Gasteiger charge is -2.28. The minimum absolute atomic E-state index is 0.0669. The zero-order chi connectivity index (χ0) is 13.2. The van der Waals surface area contributed by atoms with Gasteiger partial charge in [-0.3, -0.25) is 0 Å². The lowest BCUT2D eigenvalue weighted by Crippen LogP contribution is -2.42. The van der Waals surface area contributed by atoms with Crippen LogP contribution in [-0.4, -0.2) is 47.8 Å². The van der Waals surface area contributed by atoms with E-state index in [-0.39, 0.29) is 36.6 Å². The Balaban J connectivity index is 2.67. The third-order valence-electron chi connectivity index (χ3n) is 2.89. The van der Waals surface area contributed by atoms with Crippen LogP contribution in [0, 0.1) is 0 Å². The van der Waals surface area contributed by atoms with E-state index in [0.29, 0.717) is 0 Å². The zero-order valence-corrected chi connectivity index (χ0v) is 11.7. The molecule has 0 spiro atoms. The SMILES string of the molecule is CC(C)OC(C)[C@H]1O[C@@H](C)[C@@H](O)C1OC(C)C. The Morgan fingerprint density at radius 3 is 2.12 bits per heavy atom. The first-order chi connectivity index (χ1) is 7.82. The summed E-state index contributed by atoms with van der Waals surface area (Å²) in [6.45, 7) is 11.7. The van der Waals surface area contributed by atoms with Gasteiger partial charge in [0.25, 0.3) is 0 Å². The highest BCUT2D eigenvalue weighted by Gasteiger charge is 2.45. The number of hydrogen-bond acceptors (Lipinski definition) is 4. The highest BCUT2D eigenvalue weighted by molar-refractivity contribution is 4.93. The van der Waals surface area contributed by atoms with Gasteiger partial charge in [0.15, 0.2) is 0 Å². The second-order valence-corrected chi connectivity index (χ2v) is 5.34. The molecule has 0 aromatic rings. The minimum Gasteiger partial charge on any atom is -0.388 e. The fourth-order valence-electron chi connectivity index (χ4n) is 2.22. The molecule has 0 aromatic heterocycles. The average Bonchev–Trinajstić information content (AvgIpc) is 2.44. The first-order valence-electron chi connectivity index (χ1n) is 6.47. The van der Waals surface area contributed by atoms with Crippen LogP contribution < -0.4 is 0 Å². The smallest absolute Gasteiger partial charge is 0.115 e. The number of aliphatic hydroxyl groups is 1. The van der Waals surface area contributed by atoms with Gasteiger partial charge >= 0.3 is 0 Å². The summed E-state index contributed by atoms with van der Waals surface area (Å²) < 4.78 is 17.2. The van der Waals surface area contributed by atoms with E-state index in [2.05, 4.69) is 0 Å². The molecule has 102 valence electrons. The van der Waals surface area contributed by atoms with Crippen molar-refractivity contribution in [1.82, 2.24) is 0 Å². The van der Waals surface area contributed by atoms with Crippen molar-refractivity contribution in [2.24, 2.45) is 0 Å². The molecule has 0 aromatic carbocycles. The van der Waals surface area contributed by atoms with Gasteiger partial charge in [0.05, 0.1) is 24.4 Å². The van der Waals surface area contributed by atoms with Gasteiger partial charge in [0, 0.05) is 0 Å². The molecule has 0 bridgehead atoms. The van der Waals surface area contributed by atoms with Crippen LogP contribution >= 0.6 is 0 Å². The van der Waals surface area contributed by atoms with Gasteiger partial charge in [-0.25, -0.2) is 0 Å².